The van der Waals surface area contributed by atoms with Gasteiger partial charge in [0, 0.05) is 30.4 Å². The van der Waals surface area contributed by atoms with Crippen LogP contribution in [0, 0.1) is 0 Å². The van der Waals surface area contributed by atoms with Crippen LogP contribution in [0.3, 0.4) is 0 Å². The molecule has 1 aromatic carbocycles. The molecule has 29 heavy (non-hydrogen) atoms. The Morgan fingerprint density at radius 2 is 1.90 bits per heavy atom. The number of nitrogens with one attached hydrogen (secondary N) is 2. The number of halogens is 1. The molecule has 0 radical (unpaired) electrons. The molecule has 1 spiro atoms. The van der Waals surface area contributed by atoms with Crippen LogP contribution in [0.1, 0.15) is 38.5 Å². The van der Waals surface area contributed by atoms with E-state index in [0.29, 0.717) is 30.0 Å². The molecule has 1 saturated carbocycles. The minimum absolute atomic E-state index is 0.145. The van der Waals surface area contributed by atoms with Gasteiger partial charge in [0.2, 0.25) is 5.91 Å². The van der Waals surface area contributed by atoms with Crippen LogP contribution >= 0.6 is 11.6 Å². The first-order chi connectivity index (χ1) is 14.0. The highest BCUT2D eigenvalue weighted by Gasteiger charge is 2.52. The number of nitrogens with zero attached hydrogens (tertiary/aromatic N) is 2. The summed E-state index contributed by atoms with van der Waals surface area (Å²) in [5, 5.41) is 6.33. The molecule has 152 valence electrons. The van der Waals surface area contributed by atoms with Gasteiger partial charge in [-0.05, 0) is 49.6 Å². The fourth-order valence-electron chi connectivity index (χ4n) is 4.13. The third-order valence-electron chi connectivity index (χ3n) is 5.61. The molecule has 2 heterocycles. The van der Waals surface area contributed by atoms with E-state index in [9.17, 15) is 14.4 Å². The molecule has 2 fully saturated rings. The lowest BCUT2D eigenvalue weighted by molar-refractivity contribution is -0.131. The Balaban J connectivity index is 1.35. The predicted molar refractivity (Wildman–Crippen MR) is 110 cm³/mol. The summed E-state index contributed by atoms with van der Waals surface area (Å²) in [6, 6.07) is 8.70. The Labute approximate surface area is 174 Å². The number of imide groups is 1. The minimum Gasteiger partial charge on any atom is -0.324 e. The molecule has 0 unspecified atom stereocenters. The van der Waals surface area contributed by atoms with E-state index in [1.165, 1.54) is 4.90 Å². The number of carbonyl (C=O) groups is 3. The van der Waals surface area contributed by atoms with Crippen molar-refractivity contribution >= 4 is 35.1 Å². The Morgan fingerprint density at radius 1 is 1.17 bits per heavy atom. The number of hydrogen-bond donors (Lipinski definition) is 2. The van der Waals surface area contributed by atoms with Crippen LogP contribution in [0.25, 0.3) is 5.69 Å². The molecule has 8 heteroatoms. The number of rotatable bonds is 6. The number of aromatic nitrogens is 1. The van der Waals surface area contributed by atoms with Crippen molar-refractivity contribution in [3.05, 3.63) is 47.7 Å². The highest BCUT2D eigenvalue weighted by atomic mass is 35.5. The van der Waals surface area contributed by atoms with Gasteiger partial charge >= 0.3 is 6.03 Å². The van der Waals surface area contributed by atoms with Crippen LogP contribution in [0.5, 0.6) is 0 Å². The van der Waals surface area contributed by atoms with Crippen molar-refractivity contribution in [3.8, 4) is 5.69 Å². The second-order valence-electron chi connectivity index (χ2n) is 7.58. The van der Waals surface area contributed by atoms with Gasteiger partial charge in [0.25, 0.3) is 5.91 Å². The second-order valence-corrected chi connectivity index (χ2v) is 8.02. The topological polar surface area (TPSA) is 83.4 Å². The van der Waals surface area contributed by atoms with E-state index < -0.39 is 5.54 Å². The van der Waals surface area contributed by atoms with E-state index in [2.05, 4.69) is 10.6 Å². The summed E-state index contributed by atoms with van der Waals surface area (Å²) in [7, 11) is 0. The molecule has 1 aliphatic carbocycles. The van der Waals surface area contributed by atoms with E-state index in [-0.39, 0.29) is 30.8 Å². The van der Waals surface area contributed by atoms with E-state index in [4.69, 9.17) is 11.6 Å². The number of carbonyl (C=O) groups excluding carboxylic acids is 3. The molecular weight excluding hydrogens is 392 g/mol. The van der Waals surface area contributed by atoms with Gasteiger partial charge in [0.1, 0.15) is 5.54 Å². The summed E-state index contributed by atoms with van der Waals surface area (Å²) < 4.78 is 1.87. The van der Waals surface area contributed by atoms with Crippen molar-refractivity contribution < 1.29 is 14.4 Å². The van der Waals surface area contributed by atoms with E-state index in [0.717, 1.165) is 18.5 Å². The molecule has 1 aliphatic heterocycles. The number of anilines is 1. The van der Waals surface area contributed by atoms with Crippen LogP contribution in [0.15, 0.2) is 42.7 Å². The number of hydrogen-bond acceptors (Lipinski definition) is 3. The average Bonchev–Trinajstić information content (AvgIpc) is 3.42. The quantitative estimate of drug-likeness (QED) is 0.706. The fraction of sp³-hybridized carbons (Fsp3) is 0.381. The molecule has 7 nitrogen and oxygen atoms in total. The van der Waals surface area contributed by atoms with E-state index >= 15 is 0 Å². The van der Waals surface area contributed by atoms with Crippen LogP contribution < -0.4 is 10.6 Å². The van der Waals surface area contributed by atoms with Gasteiger partial charge in [0.05, 0.1) is 11.4 Å². The molecule has 0 bridgehead atoms. The Morgan fingerprint density at radius 3 is 2.62 bits per heavy atom. The molecular formula is C21H23ClN4O3. The van der Waals surface area contributed by atoms with E-state index in [1.807, 2.05) is 29.1 Å². The third kappa shape index (κ3) is 3.87. The molecule has 0 atom stereocenters. The minimum atomic E-state index is -0.700. The van der Waals surface area contributed by atoms with Crippen molar-refractivity contribution in [2.24, 2.45) is 0 Å². The zero-order valence-electron chi connectivity index (χ0n) is 16.0. The lowest BCUT2D eigenvalue weighted by atomic mass is 9.98. The van der Waals surface area contributed by atoms with Gasteiger partial charge in [0.15, 0.2) is 0 Å². The van der Waals surface area contributed by atoms with Crippen LogP contribution in [0.2, 0.25) is 5.02 Å². The number of benzene rings is 1. The summed E-state index contributed by atoms with van der Waals surface area (Å²) in [6.45, 7) is 0.241. The Bertz CT molecular complexity index is 935. The largest absolute Gasteiger partial charge is 0.325 e. The predicted octanol–water partition coefficient (Wildman–Crippen LogP) is 3.71. The van der Waals surface area contributed by atoms with Gasteiger partial charge in [-0.15, -0.1) is 0 Å². The van der Waals surface area contributed by atoms with Crippen molar-refractivity contribution in [2.75, 3.05) is 11.9 Å². The zero-order chi connectivity index (χ0) is 20.4. The molecule has 2 N–H and O–H groups in total. The van der Waals surface area contributed by atoms with Gasteiger partial charge in [-0.2, -0.15) is 0 Å². The molecule has 1 saturated heterocycles. The summed E-state index contributed by atoms with van der Waals surface area (Å²) in [4.78, 5) is 38.5. The van der Waals surface area contributed by atoms with Crippen molar-refractivity contribution in [1.29, 1.82) is 0 Å². The average molecular weight is 415 g/mol. The first-order valence-corrected chi connectivity index (χ1v) is 10.2. The highest BCUT2D eigenvalue weighted by Crippen LogP contribution is 2.35. The molecule has 1 aromatic heterocycles. The lowest BCUT2D eigenvalue weighted by Gasteiger charge is -2.20. The van der Waals surface area contributed by atoms with Crippen LogP contribution in [-0.4, -0.2) is 39.4 Å². The van der Waals surface area contributed by atoms with Gasteiger partial charge in [-0.25, -0.2) is 4.79 Å². The Hall–Kier alpha value is -2.80. The van der Waals surface area contributed by atoms with Crippen molar-refractivity contribution in [1.82, 2.24) is 14.8 Å². The van der Waals surface area contributed by atoms with Gasteiger partial charge in [-0.1, -0.05) is 24.4 Å². The van der Waals surface area contributed by atoms with Gasteiger partial charge in [-0.3, -0.25) is 14.5 Å². The summed E-state index contributed by atoms with van der Waals surface area (Å²) >= 11 is 6.10. The SMILES string of the molecule is O=C(CCCN1C(=O)NC2(CCCC2)C1=O)Nc1ccc(Cl)cc1-n1cccc1. The molecule has 2 aromatic rings. The summed E-state index contributed by atoms with van der Waals surface area (Å²) in [5.74, 6) is -0.323. The summed E-state index contributed by atoms with van der Waals surface area (Å²) in [5.41, 5.74) is 0.720. The zero-order valence-corrected chi connectivity index (χ0v) is 16.7. The Kier molecular flexibility index (Phi) is 5.32. The monoisotopic (exact) mass is 414 g/mol. The van der Waals surface area contributed by atoms with Crippen LogP contribution in [0.4, 0.5) is 10.5 Å². The molecule has 2 aliphatic rings. The molecule has 4 amide bonds. The first kappa shape index (κ1) is 19.5. The normalized spacial score (nSPS) is 17.8. The van der Waals surface area contributed by atoms with Gasteiger partial charge < -0.3 is 15.2 Å². The first-order valence-electron chi connectivity index (χ1n) is 9.85. The number of amides is 4. The standard InChI is InChI=1S/C21H23ClN4O3/c22-15-7-8-16(17(14-15)25-11-3-4-12-25)23-18(27)6-5-13-26-19(28)21(24-20(26)29)9-1-2-10-21/h3-4,7-8,11-12,14H,1-2,5-6,9-10,13H2,(H,23,27)(H,24,29). The maximum atomic E-state index is 12.6. The number of urea groups is 1. The second kappa shape index (κ2) is 7.91. The molecule has 4 rings (SSSR count). The highest BCUT2D eigenvalue weighted by molar-refractivity contribution is 6.31. The van der Waals surface area contributed by atoms with E-state index in [1.54, 1.807) is 18.2 Å². The van der Waals surface area contributed by atoms with Crippen molar-refractivity contribution in [3.63, 3.8) is 0 Å². The fourth-order valence-corrected chi connectivity index (χ4v) is 4.29. The maximum Gasteiger partial charge on any atom is 0.325 e. The third-order valence-corrected chi connectivity index (χ3v) is 5.84. The smallest absolute Gasteiger partial charge is 0.324 e. The van der Waals surface area contributed by atoms with Crippen molar-refractivity contribution in [2.45, 2.75) is 44.1 Å². The maximum absolute atomic E-state index is 12.6. The lowest BCUT2D eigenvalue weighted by Crippen LogP contribution is -2.44. The van der Waals surface area contributed by atoms with Crippen LogP contribution in [-0.2, 0) is 9.59 Å². The summed E-state index contributed by atoms with van der Waals surface area (Å²) in [6.07, 6.45) is 7.67.